The van der Waals surface area contributed by atoms with Gasteiger partial charge in [-0.2, -0.15) is 0 Å². The molecule has 0 saturated heterocycles. The van der Waals surface area contributed by atoms with E-state index >= 15 is 0 Å². The van der Waals surface area contributed by atoms with E-state index in [1.54, 1.807) is 0 Å². The molecule has 0 heterocycles. The van der Waals surface area contributed by atoms with E-state index in [1.807, 2.05) is 31.2 Å². The molecule has 1 aromatic carbocycles. The van der Waals surface area contributed by atoms with Crippen molar-refractivity contribution < 1.29 is 14.3 Å². The molecule has 0 radical (unpaired) electrons. The Bertz CT molecular complexity index is 545. The van der Waals surface area contributed by atoms with Gasteiger partial charge in [-0.1, -0.05) is 18.6 Å². The van der Waals surface area contributed by atoms with E-state index in [4.69, 9.17) is 9.47 Å². The molecule has 1 N–H and O–H groups in total. The molecule has 2 bridgehead atoms. The summed E-state index contributed by atoms with van der Waals surface area (Å²) in [6.45, 7) is 4.68. The van der Waals surface area contributed by atoms with Crippen LogP contribution >= 0.6 is 0 Å². The van der Waals surface area contributed by atoms with Gasteiger partial charge in [-0.05, 0) is 63.0 Å². The van der Waals surface area contributed by atoms with Crippen LogP contribution in [0.25, 0.3) is 0 Å². The molecule has 4 unspecified atom stereocenters. The zero-order valence-electron chi connectivity index (χ0n) is 14.1. The lowest BCUT2D eigenvalue weighted by atomic mass is 9.84. The molecule has 4 nitrogen and oxygen atoms in total. The van der Waals surface area contributed by atoms with Crippen molar-refractivity contribution in [3.8, 4) is 11.5 Å². The fraction of sp³-hybridized carbons (Fsp3) is 0.632. The second kappa shape index (κ2) is 7.24. The molecule has 2 aliphatic carbocycles. The predicted octanol–water partition coefficient (Wildman–Crippen LogP) is 3.41. The third-order valence-electron chi connectivity index (χ3n) is 5.33. The Labute approximate surface area is 138 Å². The molecule has 0 aromatic heterocycles. The molecule has 3 rings (SSSR count). The SMILES string of the molecule is CCOc1ccccc1OCC(=O)NC(C)C1CC2CCC1C2. The minimum atomic E-state index is -0.0495. The first kappa shape index (κ1) is 16.2. The number of rotatable bonds is 7. The maximum atomic E-state index is 12.2. The molecule has 0 spiro atoms. The molecular weight excluding hydrogens is 290 g/mol. The van der Waals surface area contributed by atoms with E-state index in [1.165, 1.54) is 25.7 Å². The zero-order valence-corrected chi connectivity index (χ0v) is 14.1. The maximum absolute atomic E-state index is 12.2. The van der Waals surface area contributed by atoms with Gasteiger partial charge in [0.2, 0.25) is 0 Å². The molecule has 1 amide bonds. The van der Waals surface area contributed by atoms with Crippen molar-refractivity contribution in [2.24, 2.45) is 17.8 Å². The summed E-state index contributed by atoms with van der Waals surface area (Å²) in [4.78, 5) is 12.2. The van der Waals surface area contributed by atoms with Crippen LogP contribution in [0.5, 0.6) is 11.5 Å². The fourth-order valence-electron chi connectivity index (χ4n) is 4.30. The van der Waals surface area contributed by atoms with Crippen LogP contribution in [0.2, 0.25) is 0 Å². The summed E-state index contributed by atoms with van der Waals surface area (Å²) < 4.78 is 11.1. The number of nitrogens with one attached hydrogen (secondary N) is 1. The highest BCUT2D eigenvalue weighted by Gasteiger charge is 2.42. The smallest absolute Gasteiger partial charge is 0.258 e. The standard InChI is InChI=1S/C19H27NO3/c1-3-22-17-6-4-5-7-18(17)23-12-19(21)20-13(2)16-11-14-8-9-15(16)10-14/h4-7,13-16H,3,8-12H2,1-2H3,(H,20,21). The minimum absolute atomic E-state index is 0.0369. The van der Waals surface area contributed by atoms with Gasteiger partial charge < -0.3 is 14.8 Å². The molecule has 0 aliphatic heterocycles. The minimum Gasteiger partial charge on any atom is -0.490 e. The number of carbonyl (C=O) groups is 1. The third kappa shape index (κ3) is 3.80. The fourth-order valence-corrected chi connectivity index (χ4v) is 4.30. The number of hydrogen-bond donors (Lipinski definition) is 1. The van der Waals surface area contributed by atoms with Gasteiger partial charge in [0.25, 0.3) is 5.91 Å². The summed E-state index contributed by atoms with van der Waals surface area (Å²) in [5.41, 5.74) is 0. The topological polar surface area (TPSA) is 47.6 Å². The second-order valence-corrected chi connectivity index (χ2v) is 6.86. The molecule has 23 heavy (non-hydrogen) atoms. The summed E-state index contributed by atoms with van der Waals surface area (Å²) in [5.74, 6) is 3.62. The van der Waals surface area contributed by atoms with Crippen LogP contribution in [0, 0.1) is 17.8 Å². The van der Waals surface area contributed by atoms with Crippen LogP contribution in [-0.2, 0) is 4.79 Å². The number of amides is 1. The van der Waals surface area contributed by atoms with E-state index in [0.717, 1.165) is 11.8 Å². The number of ether oxygens (including phenoxy) is 2. The normalized spacial score (nSPS) is 26.8. The number of hydrogen-bond acceptors (Lipinski definition) is 3. The summed E-state index contributed by atoms with van der Waals surface area (Å²) in [5, 5.41) is 3.12. The third-order valence-corrected chi connectivity index (χ3v) is 5.33. The first-order valence-corrected chi connectivity index (χ1v) is 8.81. The van der Waals surface area contributed by atoms with Gasteiger partial charge >= 0.3 is 0 Å². The molecule has 4 heteroatoms. The van der Waals surface area contributed by atoms with E-state index in [9.17, 15) is 4.79 Å². The molecule has 126 valence electrons. The van der Waals surface area contributed by atoms with Crippen molar-refractivity contribution in [1.82, 2.24) is 5.32 Å². The number of benzene rings is 1. The van der Waals surface area contributed by atoms with Crippen LogP contribution in [0.15, 0.2) is 24.3 Å². The van der Waals surface area contributed by atoms with E-state index in [2.05, 4.69) is 12.2 Å². The number of carbonyl (C=O) groups excluding carboxylic acids is 1. The van der Waals surface area contributed by atoms with Crippen molar-refractivity contribution in [2.45, 2.75) is 45.6 Å². The van der Waals surface area contributed by atoms with Gasteiger partial charge in [0, 0.05) is 6.04 Å². The van der Waals surface area contributed by atoms with Crippen molar-refractivity contribution in [1.29, 1.82) is 0 Å². The molecule has 2 aliphatic rings. The number of para-hydroxylation sites is 2. The lowest BCUT2D eigenvalue weighted by Crippen LogP contribution is -2.42. The molecule has 2 fully saturated rings. The average Bonchev–Trinajstić information content (AvgIpc) is 3.17. The van der Waals surface area contributed by atoms with Gasteiger partial charge in [0.15, 0.2) is 18.1 Å². The monoisotopic (exact) mass is 317 g/mol. The molecule has 1 aromatic rings. The summed E-state index contributed by atoms with van der Waals surface area (Å²) in [7, 11) is 0. The van der Waals surface area contributed by atoms with Crippen LogP contribution in [-0.4, -0.2) is 25.2 Å². The van der Waals surface area contributed by atoms with Crippen molar-refractivity contribution in [3.63, 3.8) is 0 Å². The molecular formula is C19H27NO3. The Morgan fingerprint density at radius 2 is 1.96 bits per heavy atom. The average molecular weight is 317 g/mol. The summed E-state index contributed by atoms with van der Waals surface area (Å²) in [6.07, 6.45) is 5.37. The van der Waals surface area contributed by atoms with E-state index in [-0.39, 0.29) is 18.6 Å². The van der Waals surface area contributed by atoms with Crippen LogP contribution < -0.4 is 14.8 Å². The second-order valence-electron chi connectivity index (χ2n) is 6.86. The van der Waals surface area contributed by atoms with Gasteiger partial charge in [0.05, 0.1) is 6.61 Å². The highest BCUT2D eigenvalue weighted by Crippen LogP contribution is 2.49. The Balaban J connectivity index is 1.48. The lowest BCUT2D eigenvalue weighted by molar-refractivity contribution is -0.124. The predicted molar refractivity (Wildman–Crippen MR) is 89.6 cm³/mol. The molecule has 2 saturated carbocycles. The maximum Gasteiger partial charge on any atom is 0.258 e. The van der Waals surface area contributed by atoms with Gasteiger partial charge in [-0.15, -0.1) is 0 Å². The Hall–Kier alpha value is -1.71. The highest BCUT2D eigenvalue weighted by molar-refractivity contribution is 5.77. The van der Waals surface area contributed by atoms with Gasteiger partial charge in [-0.25, -0.2) is 0 Å². The van der Waals surface area contributed by atoms with E-state index < -0.39 is 0 Å². The largest absolute Gasteiger partial charge is 0.490 e. The van der Waals surface area contributed by atoms with Gasteiger partial charge in [0.1, 0.15) is 0 Å². The van der Waals surface area contributed by atoms with Crippen molar-refractivity contribution in [2.75, 3.05) is 13.2 Å². The summed E-state index contributed by atoms with van der Waals surface area (Å²) in [6, 6.07) is 7.71. The molecule has 4 atom stereocenters. The van der Waals surface area contributed by atoms with Crippen molar-refractivity contribution >= 4 is 5.91 Å². The van der Waals surface area contributed by atoms with Crippen LogP contribution in [0.3, 0.4) is 0 Å². The van der Waals surface area contributed by atoms with Crippen molar-refractivity contribution in [3.05, 3.63) is 24.3 Å². The van der Waals surface area contributed by atoms with E-state index in [0.29, 0.717) is 24.0 Å². The first-order chi connectivity index (χ1) is 11.2. The van der Waals surface area contributed by atoms with Crippen LogP contribution in [0.4, 0.5) is 0 Å². The summed E-state index contributed by atoms with van der Waals surface area (Å²) >= 11 is 0. The lowest BCUT2D eigenvalue weighted by Gasteiger charge is -2.28. The quantitative estimate of drug-likeness (QED) is 0.838. The highest BCUT2D eigenvalue weighted by atomic mass is 16.5. The Kier molecular flexibility index (Phi) is 5.09. The Morgan fingerprint density at radius 1 is 1.22 bits per heavy atom. The van der Waals surface area contributed by atoms with Crippen LogP contribution in [0.1, 0.15) is 39.5 Å². The Morgan fingerprint density at radius 3 is 2.57 bits per heavy atom. The first-order valence-electron chi connectivity index (χ1n) is 8.81. The number of fused-ring (bicyclic) bond motifs is 2. The zero-order chi connectivity index (χ0) is 16.2. The van der Waals surface area contributed by atoms with Gasteiger partial charge in [-0.3, -0.25) is 4.79 Å².